The Morgan fingerprint density at radius 3 is 2.39 bits per heavy atom. The van der Waals surface area contributed by atoms with Gasteiger partial charge in [-0.3, -0.25) is 5.43 Å². The first kappa shape index (κ1) is 18.1. The minimum absolute atomic E-state index is 0.0353. The number of nitrogens with one attached hydrogen (secondary N) is 1. The van der Waals surface area contributed by atoms with Crippen LogP contribution in [0.5, 0.6) is 0 Å². The van der Waals surface area contributed by atoms with Crippen LogP contribution in [-0.4, -0.2) is 51.6 Å². The minimum atomic E-state index is -3.51. The van der Waals surface area contributed by atoms with Crippen LogP contribution in [0.15, 0.2) is 25.5 Å². The number of hydrogen-bond acceptors (Lipinski definition) is 6. The molecule has 3 heterocycles. The summed E-state index contributed by atoms with van der Waals surface area (Å²) in [5.74, 6) is 0.0353. The van der Waals surface area contributed by atoms with Crippen molar-refractivity contribution in [1.29, 1.82) is 0 Å². The molecule has 2 fully saturated rings. The fourth-order valence-corrected chi connectivity index (χ4v) is 3.33. The molecule has 0 spiro atoms. The first-order valence-corrected chi connectivity index (χ1v) is 10.2. The van der Waals surface area contributed by atoms with Gasteiger partial charge in [0, 0.05) is 25.9 Å². The fourth-order valence-electron chi connectivity index (χ4n) is 2.56. The monoisotopic (exact) mass is 360 g/mol. The lowest BCUT2D eigenvalue weighted by Crippen LogP contribution is -2.80. The molecule has 0 radical (unpaired) electrons. The SMILES string of the molecule is C1CC[NH2+]C1.CS(=O)(=O)/N=C1\N=NN\C1=C(\[S-])N1CCCCC1. The van der Waals surface area contributed by atoms with Crippen LogP contribution in [0.4, 0.5) is 0 Å². The summed E-state index contributed by atoms with van der Waals surface area (Å²) in [5.41, 5.74) is 3.02. The molecule has 0 aromatic rings. The fraction of sp³-hybridized carbons (Fsp3) is 0.769. The highest BCUT2D eigenvalue weighted by Gasteiger charge is 2.18. The predicted octanol–water partition coefficient (Wildman–Crippen LogP) is -0.140. The zero-order valence-corrected chi connectivity index (χ0v) is 15.0. The number of nitrogens with zero attached hydrogens (tertiary/aromatic N) is 4. The number of sulfonamides is 1. The molecule has 3 rings (SSSR count). The van der Waals surface area contributed by atoms with Crippen molar-refractivity contribution >= 4 is 28.5 Å². The van der Waals surface area contributed by atoms with E-state index in [2.05, 4.69) is 25.5 Å². The van der Waals surface area contributed by atoms with Gasteiger partial charge in [-0.1, -0.05) is 10.3 Å². The van der Waals surface area contributed by atoms with Crippen molar-refractivity contribution in [3.63, 3.8) is 0 Å². The Morgan fingerprint density at radius 2 is 1.87 bits per heavy atom. The molecule has 10 heteroatoms. The normalized spacial score (nSPS) is 25.1. The van der Waals surface area contributed by atoms with Crippen molar-refractivity contribution in [2.75, 3.05) is 32.4 Å². The van der Waals surface area contributed by atoms with Gasteiger partial charge in [0.15, 0.2) is 0 Å². The lowest BCUT2D eigenvalue weighted by atomic mass is 10.1. The third-order valence-corrected chi connectivity index (χ3v) is 4.67. The Bertz CT molecular complexity index is 582. The zero-order chi connectivity index (χ0) is 16.7. The van der Waals surface area contributed by atoms with Crippen LogP contribution in [0.3, 0.4) is 0 Å². The maximum absolute atomic E-state index is 11.1. The van der Waals surface area contributed by atoms with Crippen molar-refractivity contribution in [1.82, 2.24) is 10.3 Å². The summed E-state index contributed by atoms with van der Waals surface area (Å²) in [7, 11) is -3.51. The van der Waals surface area contributed by atoms with Crippen LogP contribution in [0.25, 0.3) is 0 Å². The summed E-state index contributed by atoms with van der Waals surface area (Å²) in [6, 6.07) is 0. The molecule has 8 nitrogen and oxygen atoms in total. The highest BCUT2D eigenvalue weighted by atomic mass is 32.2. The first-order chi connectivity index (χ1) is 11.0. The van der Waals surface area contributed by atoms with Gasteiger partial charge in [-0.05, 0) is 19.3 Å². The topological polar surface area (TPSA) is 103 Å². The molecule has 0 amide bonds. The molecule has 0 saturated carbocycles. The zero-order valence-electron chi connectivity index (χ0n) is 13.4. The van der Waals surface area contributed by atoms with E-state index in [1.165, 1.54) is 32.4 Å². The third kappa shape index (κ3) is 6.04. The Morgan fingerprint density at radius 1 is 1.22 bits per heavy atom. The van der Waals surface area contributed by atoms with Crippen molar-refractivity contribution in [3.05, 3.63) is 10.7 Å². The van der Waals surface area contributed by atoms with Crippen LogP contribution in [0, 0.1) is 0 Å². The number of amidine groups is 1. The number of rotatable bonds is 2. The average molecular weight is 361 g/mol. The molecule has 2 saturated heterocycles. The van der Waals surface area contributed by atoms with Crippen LogP contribution in [-0.2, 0) is 22.7 Å². The summed E-state index contributed by atoms with van der Waals surface area (Å²) >= 11 is 5.33. The molecule has 0 bridgehead atoms. The van der Waals surface area contributed by atoms with Crippen LogP contribution >= 0.6 is 0 Å². The molecular formula is C13H24N6O2S2. The summed E-state index contributed by atoms with van der Waals surface area (Å²) in [6.45, 7) is 4.49. The Labute approximate surface area is 143 Å². The third-order valence-electron chi connectivity index (χ3n) is 3.71. The molecule has 0 aromatic carbocycles. The molecule has 0 unspecified atom stereocenters. The minimum Gasteiger partial charge on any atom is -0.760 e. The number of piperidine rings is 1. The highest BCUT2D eigenvalue weighted by Crippen LogP contribution is 2.19. The van der Waals surface area contributed by atoms with E-state index in [4.69, 9.17) is 12.6 Å². The van der Waals surface area contributed by atoms with Gasteiger partial charge >= 0.3 is 0 Å². The Kier molecular flexibility index (Phi) is 6.72. The second kappa shape index (κ2) is 8.55. The van der Waals surface area contributed by atoms with E-state index in [0.29, 0.717) is 10.7 Å². The smallest absolute Gasteiger partial charge is 0.252 e. The van der Waals surface area contributed by atoms with E-state index >= 15 is 0 Å². The molecule has 130 valence electrons. The summed E-state index contributed by atoms with van der Waals surface area (Å²) in [6.07, 6.45) is 7.26. The summed E-state index contributed by atoms with van der Waals surface area (Å²) < 4.78 is 25.8. The van der Waals surface area contributed by atoms with E-state index in [0.717, 1.165) is 32.2 Å². The molecule has 3 aliphatic rings. The molecule has 0 atom stereocenters. The quantitative estimate of drug-likeness (QED) is 0.667. The van der Waals surface area contributed by atoms with Crippen molar-refractivity contribution in [2.24, 2.45) is 14.7 Å². The van der Waals surface area contributed by atoms with Gasteiger partial charge in [-0.15, -0.1) is 9.51 Å². The van der Waals surface area contributed by atoms with Gasteiger partial charge in [0.1, 0.15) is 5.70 Å². The van der Waals surface area contributed by atoms with Gasteiger partial charge in [0.25, 0.3) is 10.0 Å². The molecule has 3 aliphatic heterocycles. The Hall–Kier alpha value is -1.26. The van der Waals surface area contributed by atoms with Crippen molar-refractivity contribution < 1.29 is 13.7 Å². The summed E-state index contributed by atoms with van der Waals surface area (Å²) in [4.78, 5) is 2.02. The second-order valence-corrected chi connectivity index (χ2v) is 7.80. The van der Waals surface area contributed by atoms with Crippen LogP contribution in [0.2, 0.25) is 0 Å². The van der Waals surface area contributed by atoms with E-state index < -0.39 is 10.0 Å². The van der Waals surface area contributed by atoms with Gasteiger partial charge < -0.3 is 22.8 Å². The first-order valence-electron chi connectivity index (χ1n) is 7.92. The second-order valence-electron chi connectivity index (χ2n) is 5.76. The molecule has 23 heavy (non-hydrogen) atoms. The van der Waals surface area contributed by atoms with Crippen molar-refractivity contribution in [3.8, 4) is 0 Å². The number of quaternary nitrogens is 1. The number of nitrogens with two attached hydrogens (primary N) is 1. The van der Waals surface area contributed by atoms with Crippen LogP contribution < -0.4 is 10.7 Å². The highest BCUT2D eigenvalue weighted by molar-refractivity contribution is 7.89. The van der Waals surface area contributed by atoms with E-state index in [9.17, 15) is 8.42 Å². The molecule has 3 N–H and O–H groups in total. The van der Waals surface area contributed by atoms with Gasteiger partial charge in [0.2, 0.25) is 5.84 Å². The molecule has 0 aliphatic carbocycles. The molecular weight excluding hydrogens is 336 g/mol. The van der Waals surface area contributed by atoms with Gasteiger partial charge in [0.05, 0.1) is 19.3 Å². The van der Waals surface area contributed by atoms with Gasteiger partial charge in [-0.2, -0.15) is 0 Å². The maximum Gasteiger partial charge on any atom is 0.252 e. The predicted molar refractivity (Wildman–Crippen MR) is 91.0 cm³/mol. The lowest BCUT2D eigenvalue weighted by Gasteiger charge is -2.36. The van der Waals surface area contributed by atoms with E-state index in [1.807, 2.05) is 4.90 Å². The van der Waals surface area contributed by atoms with Crippen molar-refractivity contribution in [2.45, 2.75) is 32.1 Å². The average Bonchev–Trinajstić information content (AvgIpc) is 3.20. The summed E-state index contributed by atoms with van der Waals surface area (Å²) in [5, 5.41) is 10.1. The maximum atomic E-state index is 11.1. The lowest BCUT2D eigenvalue weighted by molar-refractivity contribution is -0.635. The van der Waals surface area contributed by atoms with Gasteiger partial charge in [-0.25, -0.2) is 8.42 Å². The molecule has 0 aromatic heterocycles. The van der Waals surface area contributed by atoms with E-state index in [-0.39, 0.29) is 5.84 Å². The largest absolute Gasteiger partial charge is 0.760 e. The van der Waals surface area contributed by atoms with E-state index in [1.54, 1.807) is 0 Å². The van der Waals surface area contributed by atoms with Crippen LogP contribution in [0.1, 0.15) is 32.1 Å². The standard InChI is InChI=1S/C9H15N5O2S2.C4H9N/c1-18(15,16)12-8-7(10-13-11-8)9(17)14-5-3-2-4-6-14;1-2-4-5-3-1/h17H,2-6H2,1H3,(H,10,11,12);5H,1-4H2/b9-7+;. The Balaban J connectivity index is 0.000000326. The number of hydrogen-bond donors (Lipinski definition) is 2. The number of likely N-dealkylation sites (tertiary alicyclic amines) is 1.